The molecule has 0 heterocycles. The van der Waals surface area contributed by atoms with Crippen molar-refractivity contribution in [2.24, 2.45) is 0 Å². The van der Waals surface area contributed by atoms with E-state index < -0.39 is 16.9 Å². The molecular weight excluding hydrogens is 266 g/mol. The summed E-state index contributed by atoms with van der Waals surface area (Å²) in [6.07, 6.45) is 0. The number of ether oxygens (including phenoxy) is 2. The Bertz CT molecular complexity index is 611. The molecule has 0 amide bonds. The number of rotatable bonds is 3. The number of nitro groups is 1. The zero-order valence-corrected chi connectivity index (χ0v) is 10.8. The first-order valence-corrected chi connectivity index (χ1v) is 5.55. The molecule has 1 aromatic rings. The van der Waals surface area contributed by atoms with E-state index in [4.69, 9.17) is 0 Å². The van der Waals surface area contributed by atoms with Crippen LogP contribution in [0.2, 0.25) is 0 Å². The minimum atomic E-state index is -0.776. The molecule has 104 valence electrons. The molecule has 0 saturated carbocycles. The van der Waals surface area contributed by atoms with Crippen LogP contribution in [0.4, 0.5) is 5.69 Å². The minimum Gasteiger partial charge on any atom is -0.465 e. The third-order valence-electron chi connectivity index (χ3n) is 2.19. The fourth-order valence-electron chi connectivity index (χ4n) is 1.32. The van der Waals surface area contributed by atoms with E-state index in [1.165, 1.54) is 12.1 Å². The molecule has 20 heavy (non-hydrogen) atoms. The van der Waals surface area contributed by atoms with Crippen molar-refractivity contribution in [3.8, 4) is 11.8 Å². The van der Waals surface area contributed by atoms with Crippen molar-refractivity contribution < 1.29 is 24.0 Å². The molecule has 0 atom stereocenters. The van der Waals surface area contributed by atoms with Crippen LogP contribution in [0.3, 0.4) is 0 Å². The van der Waals surface area contributed by atoms with Crippen molar-refractivity contribution in [3.05, 3.63) is 39.4 Å². The highest BCUT2D eigenvalue weighted by Crippen LogP contribution is 2.18. The quantitative estimate of drug-likeness (QED) is 0.357. The summed E-state index contributed by atoms with van der Waals surface area (Å²) in [5, 5.41) is 10.7. The summed E-state index contributed by atoms with van der Waals surface area (Å²) in [6, 6.07) is 3.50. The van der Waals surface area contributed by atoms with Gasteiger partial charge in [0.25, 0.3) is 5.69 Å². The highest BCUT2D eigenvalue weighted by atomic mass is 16.6. The first-order valence-electron chi connectivity index (χ1n) is 5.55. The second-order valence-electron chi connectivity index (χ2n) is 3.45. The van der Waals surface area contributed by atoms with Crippen molar-refractivity contribution in [2.45, 2.75) is 6.92 Å². The van der Waals surface area contributed by atoms with Gasteiger partial charge in [-0.05, 0) is 13.0 Å². The van der Waals surface area contributed by atoms with Crippen molar-refractivity contribution in [1.82, 2.24) is 0 Å². The largest absolute Gasteiger partial charge is 0.465 e. The van der Waals surface area contributed by atoms with Crippen LogP contribution < -0.4 is 0 Å². The molecule has 0 fully saturated rings. The van der Waals surface area contributed by atoms with Gasteiger partial charge in [0.05, 0.1) is 24.2 Å². The van der Waals surface area contributed by atoms with Gasteiger partial charge in [-0.3, -0.25) is 10.1 Å². The Kier molecular flexibility index (Phi) is 5.23. The number of carbonyl (C=O) groups excluding carboxylic acids is 2. The molecule has 0 N–H and O–H groups in total. The first-order chi connectivity index (χ1) is 9.49. The third-order valence-corrected chi connectivity index (χ3v) is 2.19. The Hall–Kier alpha value is -2.88. The molecule has 0 aliphatic heterocycles. The number of nitrogens with zero attached hydrogens (tertiary/aromatic N) is 1. The van der Waals surface area contributed by atoms with E-state index in [2.05, 4.69) is 21.3 Å². The van der Waals surface area contributed by atoms with Gasteiger partial charge in [0.2, 0.25) is 0 Å². The van der Waals surface area contributed by atoms with Gasteiger partial charge in [0.15, 0.2) is 0 Å². The van der Waals surface area contributed by atoms with E-state index in [9.17, 15) is 19.7 Å². The maximum Gasteiger partial charge on any atom is 0.384 e. The van der Waals surface area contributed by atoms with Gasteiger partial charge in [0.1, 0.15) is 0 Å². The predicted molar refractivity (Wildman–Crippen MR) is 67.9 cm³/mol. The maximum absolute atomic E-state index is 11.6. The van der Waals surface area contributed by atoms with E-state index in [0.717, 1.165) is 13.2 Å². The zero-order chi connectivity index (χ0) is 15.1. The van der Waals surface area contributed by atoms with Gasteiger partial charge in [0, 0.05) is 23.6 Å². The van der Waals surface area contributed by atoms with Crippen molar-refractivity contribution in [1.29, 1.82) is 0 Å². The van der Waals surface area contributed by atoms with Crippen LogP contribution in [0.1, 0.15) is 22.8 Å². The van der Waals surface area contributed by atoms with Gasteiger partial charge in [-0.15, -0.1) is 0 Å². The van der Waals surface area contributed by atoms with E-state index in [1.54, 1.807) is 6.92 Å². The summed E-state index contributed by atoms with van der Waals surface area (Å²) in [5.74, 6) is 3.09. The molecule has 0 unspecified atom stereocenters. The molecular formula is C13H11NO6. The average molecular weight is 277 g/mol. The molecule has 0 aromatic heterocycles. The summed E-state index contributed by atoms with van der Waals surface area (Å²) in [6.45, 7) is 1.81. The second kappa shape index (κ2) is 6.89. The molecule has 7 nitrogen and oxygen atoms in total. The summed E-state index contributed by atoms with van der Waals surface area (Å²) >= 11 is 0. The van der Waals surface area contributed by atoms with Crippen LogP contribution in [-0.2, 0) is 14.3 Å². The topological polar surface area (TPSA) is 95.7 Å². The zero-order valence-electron chi connectivity index (χ0n) is 10.8. The van der Waals surface area contributed by atoms with Gasteiger partial charge in [-0.1, -0.05) is 5.92 Å². The molecule has 0 aliphatic rings. The van der Waals surface area contributed by atoms with Gasteiger partial charge < -0.3 is 9.47 Å². The van der Waals surface area contributed by atoms with Crippen LogP contribution in [0.25, 0.3) is 0 Å². The molecule has 0 radical (unpaired) electrons. The molecule has 0 aliphatic carbocycles. The third kappa shape index (κ3) is 3.81. The Morgan fingerprint density at radius 2 is 2.10 bits per heavy atom. The summed E-state index contributed by atoms with van der Waals surface area (Å²) in [4.78, 5) is 32.7. The summed E-state index contributed by atoms with van der Waals surface area (Å²) < 4.78 is 9.14. The molecule has 0 bridgehead atoms. The van der Waals surface area contributed by atoms with E-state index >= 15 is 0 Å². The first kappa shape index (κ1) is 15.2. The van der Waals surface area contributed by atoms with Gasteiger partial charge >= 0.3 is 11.9 Å². The van der Waals surface area contributed by atoms with E-state index in [0.29, 0.717) is 0 Å². The fourth-order valence-corrected chi connectivity index (χ4v) is 1.32. The Labute approximate surface area is 114 Å². The van der Waals surface area contributed by atoms with Crippen LogP contribution in [-0.4, -0.2) is 30.6 Å². The number of benzene rings is 1. The van der Waals surface area contributed by atoms with Crippen LogP contribution in [0.15, 0.2) is 18.2 Å². The number of esters is 2. The lowest BCUT2D eigenvalue weighted by Crippen LogP contribution is -2.06. The number of hydrogen-bond donors (Lipinski definition) is 0. The second-order valence-corrected chi connectivity index (χ2v) is 3.45. The highest BCUT2D eigenvalue weighted by molar-refractivity contribution is 5.95. The molecule has 1 rings (SSSR count). The Balaban J connectivity index is 3.22. The van der Waals surface area contributed by atoms with Gasteiger partial charge in [-0.2, -0.15) is 0 Å². The van der Waals surface area contributed by atoms with Crippen LogP contribution >= 0.6 is 0 Å². The minimum absolute atomic E-state index is 0.0847. The SMILES string of the molecule is CCOC(=O)C#Cc1ccc([N+](=O)[O-])cc1C(=O)OC. The van der Waals surface area contributed by atoms with E-state index in [-0.39, 0.29) is 23.4 Å². The highest BCUT2D eigenvalue weighted by Gasteiger charge is 2.16. The van der Waals surface area contributed by atoms with Crippen molar-refractivity contribution in [2.75, 3.05) is 13.7 Å². The van der Waals surface area contributed by atoms with E-state index in [1.807, 2.05) is 0 Å². The maximum atomic E-state index is 11.6. The lowest BCUT2D eigenvalue weighted by Gasteiger charge is -2.02. The molecule has 0 spiro atoms. The normalized spacial score (nSPS) is 9.10. The lowest BCUT2D eigenvalue weighted by atomic mass is 10.1. The predicted octanol–water partition coefficient (Wildman–Crippen LogP) is 1.30. The average Bonchev–Trinajstić information content (AvgIpc) is 2.44. The van der Waals surface area contributed by atoms with Crippen LogP contribution in [0, 0.1) is 22.0 Å². The Morgan fingerprint density at radius 3 is 2.65 bits per heavy atom. The standard InChI is InChI=1S/C13H11NO6/c1-3-20-12(15)7-5-9-4-6-10(14(17)18)8-11(9)13(16)19-2/h4,6,8H,3H2,1-2H3. The van der Waals surface area contributed by atoms with Crippen LogP contribution in [0.5, 0.6) is 0 Å². The van der Waals surface area contributed by atoms with Crippen molar-refractivity contribution in [3.63, 3.8) is 0 Å². The molecule has 0 saturated heterocycles. The molecule has 7 heteroatoms. The smallest absolute Gasteiger partial charge is 0.384 e. The summed E-state index contributed by atoms with van der Waals surface area (Å²) in [7, 11) is 1.14. The van der Waals surface area contributed by atoms with Crippen molar-refractivity contribution >= 4 is 17.6 Å². The molecule has 1 aromatic carbocycles. The number of methoxy groups -OCH3 is 1. The van der Waals surface area contributed by atoms with Gasteiger partial charge in [-0.25, -0.2) is 9.59 Å². The number of carbonyl (C=O) groups is 2. The Morgan fingerprint density at radius 1 is 1.40 bits per heavy atom. The monoisotopic (exact) mass is 277 g/mol. The number of non-ortho nitro benzene ring substituents is 1. The lowest BCUT2D eigenvalue weighted by molar-refractivity contribution is -0.384. The number of nitro benzene ring substituents is 1. The summed E-state index contributed by atoms with van der Waals surface area (Å²) in [5.41, 5.74) is -0.207. The number of hydrogen-bond acceptors (Lipinski definition) is 6. The fraction of sp³-hybridized carbons (Fsp3) is 0.231.